The van der Waals surface area contributed by atoms with E-state index >= 15 is 0 Å². The molecule has 1 aliphatic rings. The van der Waals surface area contributed by atoms with Crippen molar-refractivity contribution in [1.29, 1.82) is 0 Å². The van der Waals surface area contributed by atoms with Gasteiger partial charge in [-0.05, 0) is 110 Å². The molecule has 59 heavy (non-hydrogen) atoms. The Bertz CT molecular complexity index is 3110. The van der Waals surface area contributed by atoms with Crippen molar-refractivity contribution in [3.05, 3.63) is 205 Å². The van der Waals surface area contributed by atoms with E-state index in [1.165, 1.54) is 99.7 Å². The summed E-state index contributed by atoms with van der Waals surface area (Å²) in [6.07, 6.45) is 2.39. The van der Waals surface area contributed by atoms with Crippen LogP contribution in [0.2, 0.25) is 0 Å². The Labute approximate surface area is 348 Å². The number of para-hydroxylation sites is 2. The van der Waals surface area contributed by atoms with Gasteiger partial charge in [-0.2, -0.15) is 0 Å². The standard InChI is InChI=1S/C56H48N2Si/c1-55(2)33-34-56(3,4)50-38-54-48(37-49(50)55)46-28-15-17-30-52(46)58(54)40-31-32-53-47(36-40)45-27-14-16-29-51(45)57(53)39-19-18-26-44(35-39)59(41-20-8-5-9-21-41,42-22-10-6-11-23-42)43-24-12-7-13-25-43/h5-32,35-38H,33-34H2,1-4H3. The summed E-state index contributed by atoms with van der Waals surface area (Å²) in [5.41, 5.74) is 10.6. The highest BCUT2D eigenvalue weighted by atomic mass is 28.3. The van der Waals surface area contributed by atoms with Gasteiger partial charge in [0.05, 0.1) is 22.1 Å². The predicted octanol–water partition coefficient (Wildman–Crippen LogP) is 11.6. The van der Waals surface area contributed by atoms with Gasteiger partial charge in [0.2, 0.25) is 0 Å². The molecule has 286 valence electrons. The Morgan fingerprint density at radius 2 is 0.763 bits per heavy atom. The van der Waals surface area contributed by atoms with Crippen LogP contribution in [0.3, 0.4) is 0 Å². The lowest BCUT2D eigenvalue weighted by Gasteiger charge is -2.42. The zero-order chi connectivity index (χ0) is 39.9. The molecule has 0 atom stereocenters. The maximum absolute atomic E-state index is 2.72. The quantitative estimate of drug-likeness (QED) is 0.118. The summed E-state index contributed by atoms with van der Waals surface area (Å²) in [6.45, 7) is 9.72. The fraction of sp³-hybridized carbons (Fsp3) is 0.143. The van der Waals surface area contributed by atoms with Crippen molar-refractivity contribution in [3.63, 3.8) is 0 Å². The number of hydrogen-bond donors (Lipinski definition) is 0. The molecular weight excluding hydrogens is 729 g/mol. The first-order chi connectivity index (χ1) is 28.8. The Morgan fingerprint density at radius 3 is 1.32 bits per heavy atom. The van der Waals surface area contributed by atoms with Gasteiger partial charge >= 0.3 is 0 Å². The fourth-order valence-electron chi connectivity index (χ4n) is 10.6. The molecule has 0 bridgehead atoms. The SMILES string of the molecule is CC1(C)CCC(C)(C)c2cc3c(cc21)c1ccccc1n3-c1ccc2c(c1)c1ccccc1n2-c1cccc([Si](c2ccccc2)(c2ccccc2)c2ccccc2)c1. The number of aromatic nitrogens is 2. The van der Waals surface area contributed by atoms with Gasteiger partial charge in [-0.25, -0.2) is 0 Å². The van der Waals surface area contributed by atoms with E-state index in [9.17, 15) is 0 Å². The van der Waals surface area contributed by atoms with E-state index in [4.69, 9.17) is 0 Å². The van der Waals surface area contributed by atoms with Crippen LogP contribution in [0.5, 0.6) is 0 Å². The van der Waals surface area contributed by atoms with E-state index < -0.39 is 8.07 Å². The topological polar surface area (TPSA) is 9.86 Å². The van der Waals surface area contributed by atoms with Crippen LogP contribution in [0.15, 0.2) is 194 Å². The van der Waals surface area contributed by atoms with Gasteiger partial charge < -0.3 is 9.13 Å². The summed E-state index contributed by atoms with van der Waals surface area (Å²) in [5.74, 6) is 0. The van der Waals surface area contributed by atoms with Crippen LogP contribution >= 0.6 is 0 Å². The molecule has 8 aromatic carbocycles. The minimum atomic E-state index is -2.72. The Kier molecular flexibility index (Phi) is 8.06. The lowest BCUT2D eigenvalue weighted by Crippen LogP contribution is -2.74. The summed E-state index contributed by atoms with van der Waals surface area (Å²) in [6, 6.07) is 73.2. The van der Waals surface area contributed by atoms with Gasteiger partial charge in [0.1, 0.15) is 0 Å². The smallest absolute Gasteiger partial charge is 0.179 e. The number of fused-ring (bicyclic) bond motifs is 7. The highest BCUT2D eigenvalue weighted by Crippen LogP contribution is 2.48. The largest absolute Gasteiger partial charge is 0.309 e. The zero-order valence-electron chi connectivity index (χ0n) is 34.3. The van der Waals surface area contributed by atoms with E-state index in [1.54, 1.807) is 0 Å². The molecule has 0 saturated heterocycles. The van der Waals surface area contributed by atoms with Crippen molar-refractivity contribution < 1.29 is 0 Å². The molecule has 0 spiro atoms. The normalized spacial score (nSPS) is 14.9. The summed E-state index contributed by atoms with van der Waals surface area (Å²) in [7, 11) is -2.72. The second-order valence-corrected chi connectivity index (χ2v) is 21.8. The monoisotopic (exact) mass is 776 g/mol. The van der Waals surface area contributed by atoms with Crippen LogP contribution in [-0.4, -0.2) is 17.2 Å². The van der Waals surface area contributed by atoms with Crippen molar-refractivity contribution in [1.82, 2.24) is 9.13 Å². The van der Waals surface area contributed by atoms with Crippen LogP contribution in [0, 0.1) is 0 Å². The van der Waals surface area contributed by atoms with Gasteiger partial charge in [-0.3, -0.25) is 0 Å². The highest BCUT2D eigenvalue weighted by molar-refractivity contribution is 7.19. The fourth-order valence-corrected chi connectivity index (χ4v) is 15.4. The molecule has 0 saturated carbocycles. The average Bonchev–Trinajstić information content (AvgIpc) is 3.79. The van der Waals surface area contributed by atoms with Crippen molar-refractivity contribution in [2.45, 2.75) is 51.4 Å². The molecule has 0 aliphatic heterocycles. The lowest BCUT2D eigenvalue weighted by atomic mass is 9.63. The Balaban J connectivity index is 1.15. The summed E-state index contributed by atoms with van der Waals surface area (Å²) in [5, 5.41) is 10.7. The van der Waals surface area contributed by atoms with E-state index in [0.29, 0.717) is 0 Å². The maximum atomic E-state index is 2.53. The molecular formula is C56H48N2Si. The minimum Gasteiger partial charge on any atom is -0.309 e. The third-order valence-corrected chi connectivity index (χ3v) is 18.5. The van der Waals surface area contributed by atoms with Gasteiger partial charge in [0.15, 0.2) is 8.07 Å². The molecule has 0 fully saturated rings. The molecule has 11 rings (SSSR count). The van der Waals surface area contributed by atoms with E-state index in [2.05, 4.69) is 231 Å². The molecule has 3 heteroatoms. The van der Waals surface area contributed by atoms with Gasteiger partial charge in [0, 0.05) is 32.9 Å². The van der Waals surface area contributed by atoms with Crippen molar-refractivity contribution in [2.75, 3.05) is 0 Å². The molecule has 0 radical (unpaired) electrons. The molecule has 2 aromatic heterocycles. The van der Waals surface area contributed by atoms with Gasteiger partial charge in [-0.1, -0.05) is 167 Å². The molecule has 0 unspecified atom stereocenters. The molecule has 2 nitrogen and oxygen atoms in total. The maximum Gasteiger partial charge on any atom is 0.179 e. The Hall–Kier alpha value is -6.42. The van der Waals surface area contributed by atoms with Crippen LogP contribution in [-0.2, 0) is 10.8 Å². The third kappa shape index (κ3) is 5.37. The van der Waals surface area contributed by atoms with Crippen molar-refractivity contribution >= 4 is 72.4 Å². The number of rotatable bonds is 6. The third-order valence-electron chi connectivity index (χ3n) is 13.7. The number of benzene rings is 8. The van der Waals surface area contributed by atoms with E-state index in [-0.39, 0.29) is 10.8 Å². The van der Waals surface area contributed by atoms with Crippen molar-refractivity contribution in [3.8, 4) is 11.4 Å². The van der Waals surface area contributed by atoms with Crippen molar-refractivity contribution in [2.24, 2.45) is 0 Å². The number of nitrogens with zero attached hydrogens (tertiary/aromatic N) is 2. The van der Waals surface area contributed by atoms with Gasteiger partial charge in [0.25, 0.3) is 0 Å². The highest BCUT2D eigenvalue weighted by Gasteiger charge is 2.42. The van der Waals surface area contributed by atoms with E-state index in [0.717, 1.165) is 0 Å². The lowest BCUT2D eigenvalue weighted by molar-refractivity contribution is 0.332. The molecule has 10 aromatic rings. The summed E-state index contributed by atoms with van der Waals surface area (Å²) < 4.78 is 5.01. The first-order valence-corrected chi connectivity index (χ1v) is 23.1. The minimum absolute atomic E-state index is 0.119. The first kappa shape index (κ1) is 35.7. The van der Waals surface area contributed by atoms with E-state index in [1.807, 2.05) is 0 Å². The van der Waals surface area contributed by atoms with Crippen LogP contribution in [0.1, 0.15) is 51.7 Å². The average molecular weight is 777 g/mol. The predicted molar refractivity (Wildman–Crippen MR) is 254 cm³/mol. The second-order valence-electron chi connectivity index (χ2n) is 18.0. The Morgan fingerprint density at radius 1 is 0.339 bits per heavy atom. The molecule has 2 heterocycles. The molecule has 0 N–H and O–H groups in total. The second kappa shape index (κ2) is 13.3. The van der Waals surface area contributed by atoms with Crippen LogP contribution in [0.25, 0.3) is 55.0 Å². The van der Waals surface area contributed by atoms with Gasteiger partial charge in [-0.15, -0.1) is 0 Å². The summed E-state index contributed by atoms with van der Waals surface area (Å²) in [4.78, 5) is 0. The van der Waals surface area contributed by atoms with Crippen LogP contribution < -0.4 is 20.7 Å². The zero-order valence-corrected chi connectivity index (χ0v) is 35.3. The molecule has 1 aliphatic carbocycles. The number of hydrogen-bond acceptors (Lipinski definition) is 0. The first-order valence-electron chi connectivity index (χ1n) is 21.1. The summed E-state index contributed by atoms with van der Waals surface area (Å²) >= 11 is 0. The van der Waals surface area contributed by atoms with Crippen LogP contribution in [0.4, 0.5) is 0 Å². The molecule has 0 amide bonds.